The van der Waals surface area contributed by atoms with E-state index in [-0.39, 0.29) is 0 Å². The molecule has 1 fully saturated rings. The van der Waals surface area contributed by atoms with E-state index in [0.717, 1.165) is 21.5 Å². The van der Waals surface area contributed by atoms with Crippen molar-refractivity contribution in [2.75, 3.05) is 12.8 Å². The molecule has 2 heterocycles. The summed E-state index contributed by atoms with van der Waals surface area (Å²) in [6.45, 7) is 2.51. The average Bonchev–Trinajstić information content (AvgIpc) is 3.51. The van der Waals surface area contributed by atoms with E-state index in [1.165, 1.54) is 0 Å². The minimum absolute atomic E-state index is 0.398. The Hall–Kier alpha value is -2.18. The van der Waals surface area contributed by atoms with Gasteiger partial charge in [-0.1, -0.05) is 91.0 Å². The molecular formula is C24H22O3P2. The molecule has 5 rings (SSSR count). The van der Waals surface area contributed by atoms with Crippen LogP contribution in [-0.4, -0.2) is 18.4 Å². The lowest BCUT2D eigenvalue weighted by Gasteiger charge is -2.26. The second-order valence-corrected chi connectivity index (χ2v) is 13.6. The van der Waals surface area contributed by atoms with Crippen LogP contribution in [0.3, 0.4) is 0 Å². The Kier molecular flexibility index (Phi) is 4.33. The Morgan fingerprint density at radius 2 is 1.28 bits per heavy atom. The van der Waals surface area contributed by atoms with Crippen molar-refractivity contribution in [2.45, 2.75) is 12.5 Å². The summed E-state index contributed by atoms with van der Waals surface area (Å²) in [4.78, 5) is 0. The molecule has 1 spiro atoms. The van der Waals surface area contributed by atoms with Crippen molar-refractivity contribution in [1.82, 2.24) is 0 Å². The van der Waals surface area contributed by atoms with Gasteiger partial charge in [0, 0.05) is 22.1 Å². The molecule has 3 aromatic rings. The van der Waals surface area contributed by atoms with Crippen LogP contribution >= 0.6 is 14.3 Å². The van der Waals surface area contributed by atoms with Gasteiger partial charge in [-0.25, -0.2) is 0 Å². The highest BCUT2D eigenvalue weighted by molar-refractivity contribution is 7.97. The topological polar surface area (TPSA) is 46.7 Å². The third kappa shape index (κ3) is 2.76. The Morgan fingerprint density at radius 1 is 0.828 bits per heavy atom. The van der Waals surface area contributed by atoms with Gasteiger partial charge in [0.15, 0.2) is 14.3 Å². The summed E-state index contributed by atoms with van der Waals surface area (Å²) < 4.78 is 35.6. The number of hydrogen-bond donors (Lipinski definition) is 0. The van der Waals surface area contributed by atoms with E-state index in [4.69, 9.17) is 4.74 Å². The summed E-state index contributed by atoms with van der Waals surface area (Å²) in [6.07, 6.45) is 0.398. The largest absolute Gasteiger partial charge is 0.364 e. The molecule has 3 aromatic carbocycles. The summed E-state index contributed by atoms with van der Waals surface area (Å²) in [5.41, 5.74) is 0.362. The van der Waals surface area contributed by atoms with E-state index < -0.39 is 19.9 Å². The quantitative estimate of drug-likeness (QED) is 0.454. The maximum atomic E-state index is 15.0. The number of hydrogen-bond acceptors (Lipinski definition) is 3. The lowest BCUT2D eigenvalue weighted by atomic mass is 10.1. The van der Waals surface area contributed by atoms with Crippen LogP contribution in [0.15, 0.2) is 102 Å². The Morgan fingerprint density at radius 3 is 1.72 bits per heavy atom. The molecule has 0 bridgehead atoms. The summed E-state index contributed by atoms with van der Waals surface area (Å²) >= 11 is 0. The van der Waals surface area contributed by atoms with Crippen molar-refractivity contribution in [3.05, 3.63) is 102 Å². The minimum Gasteiger partial charge on any atom is -0.364 e. The van der Waals surface area contributed by atoms with Crippen molar-refractivity contribution in [2.24, 2.45) is 0 Å². The maximum absolute atomic E-state index is 15.0. The summed E-state index contributed by atoms with van der Waals surface area (Å²) in [7, 11) is -6.43. The van der Waals surface area contributed by atoms with Gasteiger partial charge in [0.25, 0.3) is 0 Å². The lowest BCUT2D eigenvalue weighted by molar-refractivity contribution is 0.362. The highest BCUT2D eigenvalue weighted by atomic mass is 31.2. The normalized spacial score (nSPS) is 26.1. The number of ether oxygens (including phenoxy) is 1. The fourth-order valence-corrected chi connectivity index (χ4v) is 13.3. The van der Waals surface area contributed by atoms with E-state index in [2.05, 4.69) is 0 Å². The van der Waals surface area contributed by atoms with Crippen molar-refractivity contribution in [3.63, 3.8) is 0 Å². The van der Waals surface area contributed by atoms with E-state index in [0.29, 0.717) is 17.8 Å². The molecule has 2 atom stereocenters. The van der Waals surface area contributed by atoms with Gasteiger partial charge in [-0.05, 0) is 12.5 Å². The fourth-order valence-electron chi connectivity index (χ4n) is 4.44. The van der Waals surface area contributed by atoms with E-state index in [1.807, 2.05) is 97.9 Å². The molecule has 5 heteroatoms. The van der Waals surface area contributed by atoms with Gasteiger partial charge in [0.1, 0.15) is 5.60 Å². The molecule has 2 unspecified atom stereocenters. The van der Waals surface area contributed by atoms with Crippen LogP contribution in [0.2, 0.25) is 0 Å². The molecule has 0 amide bonds. The van der Waals surface area contributed by atoms with Gasteiger partial charge in [-0.3, -0.25) is 0 Å². The molecule has 0 saturated carbocycles. The van der Waals surface area contributed by atoms with Crippen LogP contribution in [0.5, 0.6) is 0 Å². The molecule has 1 saturated heterocycles. The van der Waals surface area contributed by atoms with Gasteiger partial charge in [-0.15, -0.1) is 0 Å². The third-order valence-electron chi connectivity index (χ3n) is 6.04. The molecule has 3 nitrogen and oxygen atoms in total. The standard InChI is InChI=1S/C24H22O3P2/c1-19-23(28(25,18-24(19)17-27-24)20-11-5-2-6-12-20)29(26,21-13-7-3-8-14-21)22-15-9-4-10-16-22/h2-16H,17-18H2,1H3. The highest BCUT2D eigenvalue weighted by Crippen LogP contribution is 2.78. The predicted molar refractivity (Wildman–Crippen MR) is 120 cm³/mol. The van der Waals surface area contributed by atoms with Crippen LogP contribution in [0, 0.1) is 0 Å². The molecule has 2 aliphatic rings. The first-order chi connectivity index (χ1) is 14.0. The Balaban J connectivity index is 1.84. The number of rotatable bonds is 4. The van der Waals surface area contributed by atoms with Gasteiger partial charge in [0.2, 0.25) is 0 Å². The lowest BCUT2D eigenvalue weighted by Crippen LogP contribution is -2.19. The first kappa shape index (κ1) is 18.8. The zero-order valence-corrected chi connectivity index (χ0v) is 18.0. The van der Waals surface area contributed by atoms with Crippen LogP contribution in [-0.2, 0) is 13.9 Å². The molecule has 0 aromatic heterocycles. The minimum atomic E-state index is -3.32. The number of epoxide rings is 1. The molecule has 2 aliphatic heterocycles. The first-order valence-electron chi connectivity index (χ1n) is 9.73. The Bertz CT molecular complexity index is 1140. The second-order valence-electron chi connectivity index (χ2n) is 7.75. The molecule has 0 radical (unpaired) electrons. The van der Waals surface area contributed by atoms with Gasteiger partial charge >= 0.3 is 0 Å². The molecule has 146 valence electrons. The monoisotopic (exact) mass is 420 g/mol. The van der Waals surface area contributed by atoms with E-state index in [1.54, 1.807) is 0 Å². The summed E-state index contributed by atoms with van der Waals surface area (Å²) in [6, 6.07) is 28.5. The summed E-state index contributed by atoms with van der Waals surface area (Å²) in [5, 5.41) is 2.80. The van der Waals surface area contributed by atoms with Crippen LogP contribution < -0.4 is 15.9 Å². The van der Waals surface area contributed by atoms with E-state index >= 15 is 4.57 Å². The average molecular weight is 420 g/mol. The molecular weight excluding hydrogens is 398 g/mol. The van der Waals surface area contributed by atoms with Gasteiger partial charge < -0.3 is 13.9 Å². The van der Waals surface area contributed by atoms with Crippen molar-refractivity contribution >= 4 is 30.2 Å². The smallest absolute Gasteiger partial charge is 0.174 e. The summed E-state index contributed by atoms with van der Waals surface area (Å²) in [5.74, 6) is 0. The maximum Gasteiger partial charge on any atom is 0.174 e. The molecule has 0 aliphatic carbocycles. The van der Waals surface area contributed by atoms with Crippen molar-refractivity contribution in [3.8, 4) is 0 Å². The zero-order chi connectivity index (χ0) is 20.1. The molecule has 0 N–H and O–H groups in total. The number of benzene rings is 3. The first-order valence-corrected chi connectivity index (χ1v) is 13.3. The second kappa shape index (κ2) is 6.67. The van der Waals surface area contributed by atoms with Gasteiger partial charge in [0.05, 0.1) is 11.7 Å². The highest BCUT2D eigenvalue weighted by Gasteiger charge is 2.63. The van der Waals surface area contributed by atoms with Crippen molar-refractivity contribution < 1.29 is 13.9 Å². The van der Waals surface area contributed by atoms with E-state index in [9.17, 15) is 4.57 Å². The van der Waals surface area contributed by atoms with Crippen LogP contribution in [0.25, 0.3) is 0 Å². The third-order valence-corrected chi connectivity index (χ3v) is 13.9. The fraction of sp³-hybridized carbons (Fsp3) is 0.167. The Labute approximate surface area is 171 Å². The van der Waals surface area contributed by atoms with Crippen molar-refractivity contribution in [1.29, 1.82) is 0 Å². The zero-order valence-electron chi connectivity index (χ0n) is 16.2. The van der Waals surface area contributed by atoms with Crippen LogP contribution in [0.1, 0.15) is 6.92 Å². The molecule has 29 heavy (non-hydrogen) atoms. The SMILES string of the molecule is CC1=C(P(=O)(c2ccccc2)c2ccccc2)P(=O)(c2ccccc2)CC12CO2. The van der Waals surface area contributed by atoms with Gasteiger partial charge in [-0.2, -0.15) is 0 Å². The predicted octanol–water partition coefficient (Wildman–Crippen LogP) is 4.70. The van der Waals surface area contributed by atoms with Crippen LogP contribution in [0.4, 0.5) is 0 Å².